The Labute approximate surface area is 193 Å². The predicted octanol–water partition coefficient (Wildman–Crippen LogP) is 2.27. The molecule has 1 atom stereocenters. The molecule has 3 saturated heterocycles. The number of benzene rings is 1. The SMILES string of the molecule is O=C(c1ccncc1)N1CCC[C@@H](N2C(=O)NC3(CCN(Cc4ccccc4)CC3)C2=O)C1. The Morgan fingerprint density at radius 1 is 1.03 bits per heavy atom. The Morgan fingerprint density at radius 2 is 1.76 bits per heavy atom. The number of imide groups is 1. The van der Waals surface area contributed by atoms with Crippen molar-refractivity contribution in [2.75, 3.05) is 26.2 Å². The van der Waals surface area contributed by atoms with Gasteiger partial charge in [-0.25, -0.2) is 4.79 Å². The lowest BCUT2D eigenvalue weighted by Gasteiger charge is -2.39. The van der Waals surface area contributed by atoms with Crippen LogP contribution in [-0.2, 0) is 11.3 Å². The largest absolute Gasteiger partial charge is 0.337 e. The van der Waals surface area contributed by atoms with Crippen LogP contribution in [0.5, 0.6) is 0 Å². The van der Waals surface area contributed by atoms with Crippen LogP contribution in [0.2, 0.25) is 0 Å². The van der Waals surface area contributed by atoms with Crippen molar-refractivity contribution >= 4 is 17.8 Å². The summed E-state index contributed by atoms with van der Waals surface area (Å²) in [6.45, 7) is 3.35. The number of rotatable bonds is 4. The first kappa shape index (κ1) is 21.6. The summed E-state index contributed by atoms with van der Waals surface area (Å²) in [6.07, 6.45) is 5.88. The van der Waals surface area contributed by atoms with Gasteiger partial charge in [0.25, 0.3) is 11.8 Å². The fourth-order valence-electron chi connectivity index (χ4n) is 5.27. The fraction of sp³-hybridized carbons (Fsp3) is 0.440. The summed E-state index contributed by atoms with van der Waals surface area (Å²) in [5.74, 6) is -0.215. The highest BCUT2D eigenvalue weighted by Crippen LogP contribution is 2.33. The molecule has 0 unspecified atom stereocenters. The summed E-state index contributed by atoms with van der Waals surface area (Å²) in [6, 6.07) is 13.1. The molecule has 3 fully saturated rings. The van der Waals surface area contributed by atoms with E-state index in [1.807, 2.05) is 18.2 Å². The zero-order valence-corrected chi connectivity index (χ0v) is 18.7. The Balaban J connectivity index is 1.24. The van der Waals surface area contributed by atoms with Crippen LogP contribution >= 0.6 is 0 Å². The summed E-state index contributed by atoms with van der Waals surface area (Å²) in [7, 11) is 0. The molecule has 1 aromatic heterocycles. The van der Waals surface area contributed by atoms with E-state index in [-0.39, 0.29) is 23.9 Å². The molecule has 0 aliphatic carbocycles. The van der Waals surface area contributed by atoms with Crippen molar-refractivity contribution in [3.05, 3.63) is 66.0 Å². The Morgan fingerprint density at radius 3 is 2.48 bits per heavy atom. The van der Waals surface area contributed by atoms with Gasteiger partial charge >= 0.3 is 6.03 Å². The first-order valence-corrected chi connectivity index (χ1v) is 11.7. The van der Waals surface area contributed by atoms with Gasteiger partial charge < -0.3 is 10.2 Å². The number of hydrogen-bond donors (Lipinski definition) is 1. The minimum atomic E-state index is -0.818. The first-order chi connectivity index (χ1) is 16.1. The molecule has 3 aliphatic heterocycles. The van der Waals surface area contributed by atoms with E-state index in [0.717, 1.165) is 32.5 Å². The normalized spacial score (nSPS) is 23.1. The van der Waals surface area contributed by atoms with Crippen molar-refractivity contribution in [2.45, 2.75) is 43.8 Å². The molecule has 5 rings (SSSR count). The van der Waals surface area contributed by atoms with E-state index < -0.39 is 5.54 Å². The third-order valence-electron chi connectivity index (χ3n) is 7.13. The molecule has 0 radical (unpaired) electrons. The van der Waals surface area contributed by atoms with Gasteiger partial charge in [-0.05, 0) is 43.4 Å². The van der Waals surface area contributed by atoms with E-state index in [0.29, 0.717) is 31.5 Å². The molecule has 8 heteroatoms. The fourth-order valence-corrected chi connectivity index (χ4v) is 5.27. The molecule has 172 valence electrons. The lowest BCUT2D eigenvalue weighted by atomic mass is 9.87. The maximum absolute atomic E-state index is 13.5. The maximum atomic E-state index is 13.5. The van der Waals surface area contributed by atoms with Gasteiger partial charge in [0.1, 0.15) is 5.54 Å². The summed E-state index contributed by atoms with van der Waals surface area (Å²) in [4.78, 5) is 48.8. The predicted molar refractivity (Wildman–Crippen MR) is 122 cm³/mol. The Hall–Kier alpha value is -3.26. The van der Waals surface area contributed by atoms with Gasteiger partial charge in [-0.15, -0.1) is 0 Å². The molecule has 8 nitrogen and oxygen atoms in total. The van der Waals surface area contributed by atoms with Crippen molar-refractivity contribution in [3.8, 4) is 0 Å². The Bertz CT molecular complexity index is 1020. The van der Waals surface area contributed by atoms with Crippen LogP contribution in [0.3, 0.4) is 0 Å². The molecular formula is C25H29N5O3. The monoisotopic (exact) mass is 447 g/mol. The highest BCUT2D eigenvalue weighted by molar-refractivity contribution is 6.07. The van der Waals surface area contributed by atoms with Gasteiger partial charge in [0.2, 0.25) is 0 Å². The lowest BCUT2D eigenvalue weighted by molar-refractivity contribution is -0.135. The number of aromatic nitrogens is 1. The zero-order chi connectivity index (χ0) is 22.8. The minimum Gasteiger partial charge on any atom is -0.337 e. The van der Waals surface area contributed by atoms with Crippen molar-refractivity contribution in [1.82, 2.24) is 25.0 Å². The Kier molecular flexibility index (Phi) is 5.85. The summed E-state index contributed by atoms with van der Waals surface area (Å²) in [5.41, 5.74) is 1.00. The zero-order valence-electron chi connectivity index (χ0n) is 18.7. The van der Waals surface area contributed by atoms with Gasteiger partial charge in [0, 0.05) is 50.7 Å². The van der Waals surface area contributed by atoms with Gasteiger partial charge in [0.15, 0.2) is 0 Å². The molecule has 3 aliphatic rings. The number of urea groups is 1. The van der Waals surface area contributed by atoms with Crippen molar-refractivity contribution in [1.29, 1.82) is 0 Å². The quantitative estimate of drug-likeness (QED) is 0.727. The number of carbonyl (C=O) groups is 3. The summed E-state index contributed by atoms with van der Waals surface area (Å²) >= 11 is 0. The van der Waals surface area contributed by atoms with E-state index in [9.17, 15) is 14.4 Å². The van der Waals surface area contributed by atoms with Crippen molar-refractivity contribution in [2.24, 2.45) is 0 Å². The number of carbonyl (C=O) groups excluding carboxylic acids is 3. The van der Waals surface area contributed by atoms with Gasteiger partial charge in [0.05, 0.1) is 6.04 Å². The van der Waals surface area contributed by atoms with E-state index in [2.05, 4.69) is 27.3 Å². The average Bonchev–Trinajstić information content (AvgIpc) is 3.10. The van der Waals surface area contributed by atoms with Crippen LogP contribution in [0.1, 0.15) is 41.6 Å². The van der Waals surface area contributed by atoms with Crippen LogP contribution in [0, 0.1) is 0 Å². The number of amides is 4. The van der Waals surface area contributed by atoms with E-state index in [1.165, 1.54) is 10.5 Å². The van der Waals surface area contributed by atoms with Crippen molar-refractivity contribution < 1.29 is 14.4 Å². The minimum absolute atomic E-state index is 0.0851. The number of hydrogen-bond acceptors (Lipinski definition) is 5. The standard InChI is InChI=1S/C25H29N5O3/c31-22(20-8-12-26-13-9-20)29-14-4-7-21(18-29)30-23(32)25(27-24(30)33)10-15-28(16-11-25)17-19-5-2-1-3-6-19/h1-3,5-6,8-9,12-13,21H,4,7,10-11,14-18H2,(H,27,33)/t21-/m1/s1. The topological polar surface area (TPSA) is 85.8 Å². The summed E-state index contributed by atoms with van der Waals surface area (Å²) < 4.78 is 0. The second-order valence-corrected chi connectivity index (χ2v) is 9.23. The summed E-state index contributed by atoms with van der Waals surface area (Å²) in [5, 5.41) is 3.03. The molecule has 1 aromatic carbocycles. The average molecular weight is 448 g/mol. The third-order valence-corrected chi connectivity index (χ3v) is 7.13. The van der Waals surface area contributed by atoms with Crippen LogP contribution in [-0.4, -0.2) is 75.3 Å². The highest BCUT2D eigenvalue weighted by atomic mass is 16.2. The van der Waals surface area contributed by atoms with E-state index >= 15 is 0 Å². The second kappa shape index (κ2) is 8.94. The molecule has 0 saturated carbocycles. The smallest absolute Gasteiger partial charge is 0.325 e. The molecule has 33 heavy (non-hydrogen) atoms. The second-order valence-electron chi connectivity index (χ2n) is 9.23. The first-order valence-electron chi connectivity index (χ1n) is 11.7. The van der Waals surface area contributed by atoms with Gasteiger partial charge in [-0.3, -0.25) is 24.4 Å². The third kappa shape index (κ3) is 4.23. The van der Waals surface area contributed by atoms with Crippen molar-refractivity contribution in [3.63, 3.8) is 0 Å². The molecule has 4 amide bonds. The number of piperidine rings is 2. The number of likely N-dealkylation sites (tertiary alicyclic amines) is 2. The molecule has 4 heterocycles. The van der Waals surface area contributed by atoms with Crippen LogP contribution in [0.4, 0.5) is 4.79 Å². The maximum Gasteiger partial charge on any atom is 0.325 e. The molecule has 2 aromatic rings. The van der Waals surface area contributed by atoms with E-state index in [4.69, 9.17) is 0 Å². The molecule has 0 bridgehead atoms. The molecule has 1 N–H and O–H groups in total. The van der Waals surface area contributed by atoms with Gasteiger partial charge in [-0.1, -0.05) is 30.3 Å². The molecular weight excluding hydrogens is 418 g/mol. The van der Waals surface area contributed by atoms with Crippen LogP contribution in [0.25, 0.3) is 0 Å². The highest BCUT2D eigenvalue weighted by Gasteiger charge is 2.54. The number of pyridine rings is 1. The van der Waals surface area contributed by atoms with E-state index in [1.54, 1.807) is 29.4 Å². The van der Waals surface area contributed by atoms with Crippen LogP contribution < -0.4 is 5.32 Å². The van der Waals surface area contributed by atoms with Gasteiger partial charge in [-0.2, -0.15) is 0 Å². The lowest BCUT2D eigenvalue weighted by Crippen LogP contribution is -2.56. The number of nitrogens with zero attached hydrogens (tertiary/aromatic N) is 4. The number of nitrogens with one attached hydrogen (secondary N) is 1. The van der Waals surface area contributed by atoms with Crippen LogP contribution in [0.15, 0.2) is 54.9 Å². The molecule has 1 spiro atoms.